The number of benzene rings is 3. The normalized spacial score (nSPS) is 16.7. The SMILES string of the molecule is CCOc1ccc(C2/C(=C(\O)c3ccc(OC)c(C)c3)C(=O)C(=O)N2c2nc3ccc(OC)cc3s2)cc1. The number of aliphatic hydroxyl groups excluding tert-OH is 1. The van der Waals surface area contributed by atoms with Gasteiger partial charge in [0.15, 0.2) is 5.13 Å². The van der Waals surface area contributed by atoms with Crippen LogP contribution in [0.5, 0.6) is 17.2 Å². The molecule has 8 nitrogen and oxygen atoms in total. The number of ketones is 1. The summed E-state index contributed by atoms with van der Waals surface area (Å²) in [4.78, 5) is 33.0. The number of carbonyl (C=O) groups excluding carboxylic acids is 2. The standard InChI is InChI=1S/C29H26N2O6S/c1-5-37-19-9-6-17(7-10-19)25-24(26(32)18-8-13-22(36-4)16(2)14-18)27(33)28(34)31(25)29-30-21-12-11-20(35-3)15-23(21)38-29/h6-15,25,32H,5H2,1-4H3/b26-24+. The van der Waals surface area contributed by atoms with Gasteiger partial charge in [0.05, 0.1) is 42.7 Å². The number of amides is 1. The average Bonchev–Trinajstić information content (AvgIpc) is 3.46. The van der Waals surface area contributed by atoms with Crippen LogP contribution in [0.3, 0.4) is 0 Å². The van der Waals surface area contributed by atoms with E-state index in [1.165, 1.54) is 16.2 Å². The summed E-state index contributed by atoms with van der Waals surface area (Å²) >= 11 is 1.27. The zero-order valence-electron chi connectivity index (χ0n) is 21.3. The molecule has 1 aliphatic heterocycles. The predicted molar refractivity (Wildman–Crippen MR) is 146 cm³/mol. The number of fused-ring (bicyclic) bond motifs is 1. The van der Waals surface area contributed by atoms with E-state index < -0.39 is 17.7 Å². The molecule has 1 saturated heterocycles. The first-order valence-electron chi connectivity index (χ1n) is 12.0. The zero-order valence-corrected chi connectivity index (χ0v) is 22.2. The van der Waals surface area contributed by atoms with Gasteiger partial charge in [-0.05, 0) is 73.5 Å². The summed E-state index contributed by atoms with van der Waals surface area (Å²) in [7, 11) is 3.14. The zero-order chi connectivity index (χ0) is 27.0. The minimum absolute atomic E-state index is 0.0134. The van der Waals surface area contributed by atoms with Gasteiger partial charge < -0.3 is 19.3 Å². The van der Waals surface area contributed by atoms with Crippen molar-refractivity contribution in [3.8, 4) is 17.2 Å². The third-order valence-electron chi connectivity index (χ3n) is 6.41. The van der Waals surface area contributed by atoms with Gasteiger partial charge in [-0.25, -0.2) is 4.98 Å². The van der Waals surface area contributed by atoms with Crippen LogP contribution < -0.4 is 19.1 Å². The van der Waals surface area contributed by atoms with Gasteiger partial charge in [0.2, 0.25) is 0 Å². The highest BCUT2D eigenvalue weighted by molar-refractivity contribution is 7.22. The third kappa shape index (κ3) is 4.35. The Morgan fingerprint density at radius 2 is 1.74 bits per heavy atom. The molecule has 0 spiro atoms. The fraction of sp³-hybridized carbons (Fsp3) is 0.207. The van der Waals surface area contributed by atoms with Gasteiger partial charge in [0.1, 0.15) is 23.0 Å². The Labute approximate surface area is 223 Å². The van der Waals surface area contributed by atoms with E-state index in [9.17, 15) is 14.7 Å². The molecule has 9 heteroatoms. The van der Waals surface area contributed by atoms with Crippen molar-refractivity contribution < 1.29 is 28.9 Å². The quantitative estimate of drug-likeness (QED) is 0.187. The molecular formula is C29H26N2O6S. The van der Waals surface area contributed by atoms with Crippen LogP contribution in [-0.2, 0) is 9.59 Å². The first kappa shape index (κ1) is 25.3. The molecular weight excluding hydrogens is 504 g/mol. The van der Waals surface area contributed by atoms with Crippen molar-refractivity contribution in [3.63, 3.8) is 0 Å². The van der Waals surface area contributed by atoms with Crippen LogP contribution in [0.1, 0.15) is 29.7 Å². The molecule has 1 N–H and O–H groups in total. The lowest BCUT2D eigenvalue weighted by molar-refractivity contribution is -0.132. The van der Waals surface area contributed by atoms with Crippen molar-refractivity contribution in [1.29, 1.82) is 0 Å². The second kappa shape index (κ2) is 10.2. The monoisotopic (exact) mass is 530 g/mol. The van der Waals surface area contributed by atoms with Crippen LogP contribution >= 0.6 is 11.3 Å². The molecule has 4 aromatic rings. The van der Waals surface area contributed by atoms with Crippen molar-refractivity contribution in [1.82, 2.24) is 4.98 Å². The van der Waals surface area contributed by atoms with Gasteiger partial charge in [-0.1, -0.05) is 23.5 Å². The molecule has 2 heterocycles. The summed E-state index contributed by atoms with van der Waals surface area (Å²) in [6, 6.07) is 16.8. The molecule has 5 rings (SSSR count). The summed E-state index contributed by atoms with van der Waals surface area (Å²) < 4.78 is 17.0. The number of hydrogen-bond acceptors (Lipinski definition) is 8. The number of rotatable bonds is 7. The van der Waals surface area contributed by atoms with Crippen LogP contribution in [0.2, 0.25) is 0 Å². The Bertz CT molecular complexity index is 1570. The minimum atomic E-state index is -0.893. The number of carbonyl (C=O) groups is 2. The van der Waals surface area contributed by atoms with Crippen molar-refractivity contribution in [2.45, 2.75) is 19.9 Å². The molecule has 1 amide bonds. The molecule has 0 saturated carbocycles. The van der Waals surface area contributed by atoms with E-state index in [-0.39, 0.29) is 11.3 Å². The van der Waals surface area contributed by atoms with Crippen molar-refractivity contribution in [2.75, 3.05) is 25.7 Å². The fourth-order valence-corrected chi connectivity index (χ4v) is 5.58. The number of hydrogen-bond donors (Lipinski definition) is 1. The predicted octanol–water partition coefficient (Wildman–Crippen LogP) is 5.65. The van der Waals surface area contributed by atoms with E-state index in [1.54, 1.807) is 68.8 Å². The van der Waals surface area contributed by atoms with Crippen molar-refractivity contribution >= 4 is 44.1 Å². The number of methoxy groups -OCH3 is 2. The first-order chi connectivity index (χ1) is 18.4. The van der Waals surface area contributed by atoms with Gasteiger partial charge in [-0.15, -0.1) is 0 Å². The fourth-order valence-electron chi connectivity index (χ4n) is 4.56. The highest BCUT2D eigenvalue weighted by Crippen LogP contribution is 2.45. The summed E-state index contributed by atoms with van der Waals surface area (Å²) in [6.45, 7) is 4.24. The summed E-state index contributed by atoms with van der Waals surface area (Å²) in [6.07, 6.45) is 0. The van der Waals surface area contributed by atoms with Crippen LogP contribution in [0, 0.1) is 6.92 Å². The maximum Gasteiger partial charge on any atom is 0.301 e. The van der Waals surface area contributed by atoms with Crippen molar-refractivity contribution in [3.05, 3.63) is 82.9 Å². The topological polar surface area (TPSA) is 98.2 Å². The molecule has 1 fully saturated rings. The molecule has 194 valence electrons. The Morgan fingerprint density at radius 1 is 1.00 bits per heavy atom. The summed E-state index contributed by atoms with van der Waals surface area (Å²) in [5.74, 6) is 0.153. The Balaban J connectivity index is 1.69. The van der Waals surface area contributed by atoms with Gasteiger partial charge in [0, 0.05) is 5.56 Å². The van der Waals surface area contributed by atoms with Gasteiger partial charge >= 0.3 is 5.91 Å². The van der Waals surface area contributed by atoms with Crippen molar-refractivity contribution in [2.24, 2.45) is 0 Å². The van der Waals surface area contributed by atoms with E-state index in [1.807, 2.05) is 19.9 Å². The van der Waals surface area contributed by atoms with Crippen LogP contribution in [-0.4, -0.2) is 42.6 Å². The molecule has 3 aromatic carbocycles. The Hall–Kier alpha value is -4.37. The second-order valence-corrected chi connectivity index (χ2v) is 9.69. The molecule has 0 aliphatic carbocycles. The van der Waals surface area contributed by atoms with E-state index in [2.05, 4.69) is 4.98 Å². The highest BCUT2D eigenvalue weighted by Gasteiger charge is 2.48. The number of Topliss-reactive ketones (excluding diaryl/α,β-unsaturated/α-hetero) is 1. The number of aliphatic hydroxyl groups is 1. The average molecular weight is 531 g/mol. The first-order valence-corrected chi connectivity index (χ1v) is 12.8. The molecule has 1 aromatic heterocycles. The summed E-state index contributed by atoms with van der Waals surface area (Å²) in [5, 5.41) is 11.8. The largest absolute Gasteiger partial charge is 0.507 e. The van der Waals surface area contributed by atoms with Gasteiger partial charge in [-0.3, -0.25) is 14.5 Å². The lowest BCUT2D eigenvalue weighted by Gasteiger charge is -2.23. The molecule has 0 radical (unpaired) electrons. The molecule has 38 heavy (non-hydrogen) atoms. The summed E-state index contributed by atoms with van der Waals surface area (Å²) in [5.41, 5.74) is 2.48. The van der Waals surface area contributed by atoms with E-state index in [0.29, 0.717) is 45.6 Å². The van der Waals surface area contributed by atoms with E-state index >= 15 is 0 Å². The van der Waals surface area contributed by atoms with E-state index in [0.717, 1.165) is 10.3 Å². The number of aromatic nitrogens is 1. The lowest BCUT2D eigenvalue weighted by atomic mass is 9.95. The third-order valence-corrected chi connectivity index (χ3v) is 7.43. The number of nitrogens with zero attached hydrogens (tertiary/aromatic N) is 2. The highest BCUT2D eigenvalue weighted by atomic mass is 32.1. The van der Waals surface area contributed by atoms with Crippen LogP contribution in [0.25, 0.3) is 16.0 Å². The van der Waals surface area contributed by atoms with Gasteiger partial charge in [0.25, 0.3) is 5.78 Å². The van der Waals surface area contributed by atoms with Crippen LogP contribution in [0.4, 0.5) is 5.13 Å². The number of anilines is 1. The smallest absolute Gasteiger partial charge is 0.301 e. The number of thiazole rings is 1. The molecule has 1 aliphatic rings. The minimum Gasteiger partial charge on any atom is -0.507 e. The number of ether oxygens (including phenoxy) is 3. The lowest BCUT2D eigenvalue weighted by Crippen LogP contribution is -2.29. The van der Waals surface area contributed by atoms with Gasteiger partial charge in [-0.2, -0.15) is 0 Å². The molecule has 0 bridgehead atoms. The number of aryl methyl sites for hydroxylation is 1. The Kier molecular flexibility index (Phi) is 6.77. The maximum atomic E-state index is 13.5. The molecule has 1 atom stereocenters. The maximum absolute atomic E-state index is 13.5. The second-order valence-electron chi connectivity index (χ2n) is 8.69. The molecule has 1 unspecified atom stereocenters. The Morgan fingerprint density at radius 3 is 2.39 bits per heavy atom. The van der Waals surface area contributed by atoms with Crippen LogP contribution in [0.15, 0.2) is 66.2 Å². The van der Waals surface area contributed by atoms with E-state index in [4.69, 9.17) is 14.2 Å².